The largest absolute Gasteiger partial charge is 0.417 e. The van der Waals surface area contributed by atoms with Gasteiger partial charge in [-0.3, -0.25) is 4.79 Å². The Morgan fingerprint density at radius 3 is 2.81 bits per heavy atom. The van der Waals surface area contributed by atoms with Crippen LogP contribution in [-0.4, -0.2) is 36.6 Å². The van der Waals surface area contributed by atoms with Gasteiger partial charge in [0.2, 0.25) is 0 Å². The molecular formula is C14H15BrF3NO2. The summed E-state index contributed by atoms with van der Waals surface area (Å²) in [5, 5.41) is 0. The van der Waals surface area contributed by atoms with Crippen LogP contribution in [0.4, 0.5) is 13.2 Å². The molecule has 1 aliphatic rings. The molecule has 1 aromatic carbocycles. The van der Waals surface area contributed by atoms with E-state index in [0.717, 1.165) is 6.07 Å². The second-order valence-corrected chi connectivity index (χ2v) is 5.68. The molecule has 1 atom stereocenters. The molecule has 0 saturated carbocycles. The van der Waals surface area contributed by atoms with Crippen LogP contribution < -0.4 is 0 Å². The molecule has 7 heteroatoms. The van der Waals surface area contributed by atoms with Crippen LogP contribution in [-0.2, 0) is 10.9 Å². The second kappa shape index (κ2) is 6.36. The zero-order chi connectivity index (χ0) is 15.6. The van der Waals surface area contributed by atoms with Gasteiger partial charge in [-0.1, -0.05) is 22.9 Å². The Bertz CT molecular complexity index is 533. The molecule has 0 radical (unpaired) electrons. The molecule has 0 aromatic heterocycles. The van der Waals surface area contributed by atoms with E-state index in [1.165, 1.54) is 12.1 Å². The van der Waals surface area contributed by atoms with Crippen molar-refractivity contribution in [3.63, 3.8) is 0 Å². The number of alkyl halides is 3. The summed E-state index contributed by atoms with van der Waals surface area (Å²) in [5.41, 5.74) is -0.791. The molecule has 0 bridgehead atoms. The molecule has 1 unspecified atom stereocenters. The Morgan fingerprint density at radius 2 is 2.19 bits per heavy atom. The van der Waals surface area contributed by atoms with Gasteiger partial charge in [0, 0.05) is 16.6 Å². The fraction of sp³-hybridized carbons (Fsp3) is 0.500. The van der Waals surface area contributed by atoms with Crippen molar-refractivity contribution < 1.29 is 22.7 Å². The number of halogens is 4. The quantitative estimate of drug-likeness (QED) is 0.799. The minimum atomic E-state index is -4.50. The lowest BCUT2D eigenvalue weighted by Gasteiger charge is -2.35. The number of rotatable bonds is 2. The Morgan fingerprint density at radius 1 is 1.48 bits per heavy atom. The van der Waals surface area contributed by atoms with E-state index in [1.54, 1.807) is 4.90 Å². The fourth-order valence-corrected chi connectivity index (χ4v) is 2.77. The van der Waals surface area contributed by atoms with Gasteiger partial charge < -0.3 is 9.64 Å². The summed E-state index contributed by atoms with van der Waals surface area (Å²) >= 11 is 2.87. The number of hydrogen-bond acceptors (Lipinski definition) is 2. The topological polar surface area (TPSA) is 29.5 Å². The molecule has 0 aliphatic carbocycles. The molecule has 3 nitrogen and oxygen atoms in total. The van der Waals surface area contributed by atoms with E-state index >= 15 is 0 Å². The van der Waals surface area contributed by atoms with Gasteiger partial charge in [-0.25, -0.2) is 0 Å². The molecule has 1 fully saturated rings. The summed E-state index contributed by atoms with van der Waals surface area (Å²) in [6, 6.07) is 3.47. The van der Waals surface area contributed by atoms with Crippen LogP contribution in [0.25, 0.3) is 0 Å². The van der Waals surface area contributed by atoms with Crippen LogP contribution in [0.5, 0.6) is 0 Å². The maximum atomic E-state index is 12.9. The van der Waals surface area contributed by atoms with Crippen LogP contribution in [0.2, 0.25) is 0 Å². The van der Waals surface area contributed by atoms with E-state index < -0.39 is 11.7 Å². The summed E-state index contributed by atoms with van der Waals surface area (Å²) in [7, 11) is 0. The lowest BCUT2D eigenvalue weighted by Crippen LogP contribution is -2.48. The molecule has 1 aromatic rings. The third kappa shape index (κ3) is 3.58. The maximum Gasteiger partial charge on any atom is 0.417 e. The van der Waals surface area contributed by atoms with Gasteiger partial charge in [0.1, 0.15) is 0 Å². The maximum absolute atomic E-state index is 12.9. The van der Waals surface area contributed by atoms with Gasteiger partial charge in [-0.2, -0.15) is 13.2 Å². The second-order valence-electron chi connectivity index (χ2n) is 4.83. The van der Waals surface area contributed by atoms with Crippen LogP contribution >= 0.6 is 15.9 Å². The molecule has 116 valence electrons. The van der Waals surface area contributed by atoms with E-state index in [0.29, 0.717) is 26.2 Å². The van der Waals surface area contributed by atoms with Crippen LogP contribution in [0, 0.1) is 0 Å². The highest BCUT2D eigenvalue weighted by atomic mass is 79.9. The van der Waals surface area contributed by atoms with E-state index in [2.05, 4.69) is 15.9 Å². The Balaban J connectivity index is 2.31. The fourth-order valence-electron chi connectivity index (χ4n) is 2.30. The number of hydrogen-bond donors (Lipinski definition) is 0. The first kappa shape index (κ1) is 16.3. The first-order valence-corrected chi connectivity index (χ1v) is 7.39. The summed E-state index contributed by atoms with van der Waals surface area (Å²) in [4.78, 5) is 14.0. The molecule has 0 N–H and O–H groups in total. The normalized spacial score (nSPS) is 19.7. The van der Waals surface area contributed by atoms with Crippen molar-refractivity contribution >= 4 is 21.8 Å². The number of ether oxygens (including phenoxy) is 1. The Kier molecular flexibility index (Phi) is 4.93. The lowest BCUT2D eigenvalue weighted by molar-refractivity contribution is -0.138. The average molecular weight is 366 g/mol. The van der Waals surface area contributed by atoms with Crippen molar-refractivity contribution in [1.29, 1.82) is 0 Å². The zero-order valence-corrected chi connectivity index (χ0v) is 13.0. The number of nitrogens with zero attached hydrogens (tertiary/aromatic N) is 1. The average Bonchev–Trinajstić information content (AvgIpc) is 2.45. The van der Waals surface area contributed by atoms with Gasteiger partial charge in [0.25, 0.3) is 5.91 Å². The highest BCUT2D eigenvalue weighted by molar-refractivity contribution is 9.10. The number of morpholine rings is 1. The summed E-state index contributed by atoms with van der Waals surface area (Å²) in [6.45, 7) is 3.15. The van der Waals surface area contributed by atoms with E-state index in [4.69, 9.17) is 4.74 Å². The number of carbonyl (C=O) groups excluding carboxylic acids is 1. The third-order valence-corrected chi connectivity index (χ3v) is 4.17. The van der Waals surface area contributed by atoms with E-state index in [9.17, 15) is 18.0 Å². The van der Waals surface area contributed by atoms with E-state index in [1.807, 2.05) is 6.92 Å². The monoisotopic (exact) mass is 365 g/mol. The third-order valence-electron chi connectivity index (χ3n) is 3.48. The van der Waals surface area contributed by atoms with Gasteiger partial charge in [0.15, 0.2) is 0 Å². The van der Waals surface area contributed by atoms with E-state index in [-0.39, 0.29) is 22.0 Å². The molecule has 1 saturated heterocycles. The van der Waals surface area contributed by atoms with Crippen molar-refractivity contribution in [1.82, 2.24) is 4.90 Å². The number of carbonyl (C=O) groups is 1. The summed E-state index contributed by atoms with van der Waals surface area (Å²) < 4.78 is 43.9. The van der Waals surface area contributed by atoms with Crippen LogP contribution in [0.3, 0.4) is 0 Å². The Labute approximate surface area is 129 Å². The highest BCUT2D eigenvalue weighted by Crippen LogP contribution is 2.35. The van der Waals surface area contributed by atoms with Crippen LogP contribution in [0.1, 0.15) is 29.3 Å². The standard InChI is InChI=1S/C14H15BrF3NO2/c1-2-10-8-21-6-5-19(10)13(20)9-3-4-12(15)11(7-9)14(16,17)18/h3-4,7,10H,2,5-6,8H2,1H3. The van der Waals surface area contributed by atoms with Crippen molar-refractivity contribution in [3.05, 3.63) is 33.8 Å². The molecular weight excluding hydrogens is 351 g/mol. The van der Waals surface area contributed by atoms with Gasteiger partial charge >= 0.3 is 6.18 Å². The number of benzene rings is 1. The van der Waals surface area contributed by atoms with Crippen molar-refractivity contribution in [2.24, 2.45) is 0 Å². The molecule has 0 spiro atoms. The zero-order valence-electron chi connectivity index (χ0n) is 11.4. The smallest absolute Gasteiger partial charge is 0.377 e. The Hall–Kier alpha value is -1.08. The predicted molar refractivity (Wildman–Crippen MR) is 75.1 cm³/mol. The summed E-state index contributed by atoms with van der Waals surface area (Å²) in [6.07, 6.45) is -3.79. The van der Waals surface area contributed by atoms with Gasteiger partial charge in [0.05, 0.1) is 24.8 Å². The van der Waals surface area contributed by atoms with Gasteiger partial charge in [-0.05, 0) is 24.6 Å². The van der Waals surface area contributed by atoms with Gasteiger partial charge in [-0.15, -0.1) is 0 Å². The SMILES string of the molecule is CCC1COCCN1C(=O)c1ccc(Br)c(C(F)(F)F)c1. The molecule has 1 heterocycles. The number of amides is 1. The molecule has 1 amide bonds. The van der Waals surface area contributed by atoms with Crippen molar-refractivity contribution in [2.45, 2.75) is 25.6 Å². The summed E-state index contributed by atoms with van der Waals surface area (Å²) in [5.74, 6) is -0.386. The minimum absolute atomic E-state index is 0.0471. The lowest BCUT2D eigenvalue weighted by atomic mass is 10.1. The highest BCUT2D eigenvalue weighted by Gasteiger charge is 2.34. The first-order valence-electron chi connectivity index (χ1n) is 6.60. The molecule has 2 rings (SSSR count). The van der Waals surface area contributed by atoms with Crippen LogP contribution in [0.15, 0.2) is 22.7 Å². The molecule has 1 aliphatic heterocycles. The van der Waals surface area contributed by atoms with Crippen molar-refractivity contribution in [2.75, 3.05) is 19.8 Å². The minimum Gasteiger partial charge on any atom is -0.377 e. The molecule has 21 heavy (non-hydrogen) atoms. The first-order chi connectivity index (χ1) is 9.84. The predicted octanol–water partition coefficient (Wildman–Crippen LogP) is 3.72. The van der Waals surface area contributed by atoms with Crippen molar-refractivity contribution in [3.8, 4) is 0 Å².